The zero-order valence-electron chi connectivity index (χ0n) is 18.0. The molecule has 3 heterocycles. The van der Waals surface area contributed by atoms with Crippen molar-refractivity contribution in [3.63, 3.8) is 0 Å². The van der Waals surface area contributed by atoms with E-state index in [-0.39, 0.29) is 0 Å². The molecule has 10 atom stereocenters. The van der Waals surface area contributed by atoms with Gasteiger partial charge in [0.1, 0.15) is 36.6 Å². The van der Waals surface area contributed by atoms with Crippen LogP contribution < -0.4 is 11.2 Å². The van der Waals surface area contributed by atoms with Crippen LogP contribution in [0.25, 0.3) is 0 Å². The van der Waals surface area contributed by atoms with E-state index in [1.54, 1.807) is 0 Å². The Hall–Kier alpha value is -1.60. The van der Waals surface area contributed by atoms with Crippen molar-refractivity contribution in [2.24, 2.45) is 0 Å². The van der Waals surface area contributed by atoms with E-state index in [9.17, 15) is 48.9 Å². The fourth-order valence-electron chi connectivity index (χ4n) is 3.32. The molecule has 0 saturated carbocycles. The lowest BCUT2D eigenvalue weighted by Gasteiger charge is -2.37. The van der Waals surface area contributed by atoms with Gasteiger partial charge < -0.3 is 44.8 Å². The number of hydrogen-bond donors (Lipinski definition) is 8. The van der Waals surface area contributed by atoms with E-state index in [0.717, 1.165) is 16.8 Å². The molecule has 2 saturated heterocycles. The molecule has 0 bridgehead atoms. The summed E-state index contributed by atoms with van der Waals surface area (Å²) in [7, 11) is -10.9. The van der Waals surface area contributed by atoms with Gasteiger partial charge in [0.05, 0.1) is 13.2 Å². The molecule has 204 valence electrons. The number of phosphoric ester groups is 2. The maximum atomic E-state index is 12.2. The maximum absolute atomic E-state index is 12.2. The minimum Gasteiger partial charge on any atom is -0.394 e. The number of ether oxygens (including phenoxy) is 2. The van der Waals surface area contributed by atoms with Crippen molar-refractivity contribution < 1.29 is 67.3 Å². The Bertz CT molecular complexity index is 1170. The van der Waals surface area contributed by atoms with E-state index >= 15 is 0 Å². The van der Waals surface area contributed by atoms with Crippen molar-refractivity contribution in [3.8, 4) is 0 Å². The zero-order valence-corrected chi connectivity index (χ0v) is 19.8. The summed E-state index contributed by atoms with van der Waals surface area (Å²) < 4.78 is 48.6. The molecule has 0 aromatic carbocycles. The Kier molecular flexibility index (Phi) is 8.87. The molecule has 8 N–H and O–H groups in total. The highest BCUT2D eigenvalue weighted by Gasteiger charge is 2.47. The Morgan fingerprint density at radius 3 is 2.31 bits per heavy atom. The first kappa shape index (κ1) is 29.0. The molecule has 2 aliphatic heterocycles. The third kappa shape index (κ3) is 6.45. The van der Waals surface area contributed by atoms with E-state index in [1.165, 1.54) is 0 Å². The molecular formula is C16H24N2O16P2. The summed E-state index contributed by atoms with van der Waals surface area (Å²) in [5.41, 5.74) is -2.18. The number of hydrogen-bond acceptors (Lipinski definition) is 14. The summed E-state index contributed by atoms with van der Waals surface area (Å²) in [4.78, 5) is 44.6. The Labute approximate surface area is 200 Å². The van der Waals surface area contributed by atoms with Gasteiger partial charge in [0.15, 0.2) is 12.5 Å². The van der Waals surface area contributed by atoms with Gasteiger partial charge in [-0.15, -0.1) is 0 Å². The monoisotopic (exact) mass is 562 g/mol. The minimum absolute atomic E-state index is 0.459. The quantitative estimate of drug-likeness (QED) is 0.107. The molecule has 2 fully saturated rings. The normalized spacial score (nSPS) is 36.4. The fourth-order valence-corrected chi connectivity index (χ4v) is 5.47. The van der Waals surface area contributed by atoms with Crippen molar-refractivity contribution in [3.05, 3.63) is 45.3 Å². The molecule has 2 unspecified atom stereocenters. The number of rotatable bonds is 9. The Morgan fingerprint density at radius 2 is 1.69 bits per heavy atom. The first-order valence-corrected chi connectivity index (χ1v) is 13.0. The molecule has 3 rings (SSSR count). The number of aliphatic hydroxyl groups is 5. The molecule has 2 aliphatic rings. The van der Waals surface area contributed by atoms with Gasteiger partial charge in [-0.2, -0.15) is 4.31 Å². The van der Waals surface area contributed by atoms with Crippen LogP contribution in [0.1, 0.15) is 6.23 Å². The van der Waals surface area contributed by atoms with Crippen LogP contribution in [-0.4, -0.2) is 101 Å². The highest BCUT2D eigenvalue weighted by molar-refractivity contribution is 7.61. The summed E-state index contributed by atoms with van der Waals surface area (Å²) in [5.74, 6) is 0. The fraction of sp³-hybridized carbons (Fsp3) is 0.625. The van der Waals surface area contributed by atoms with Gasteiger partial charge in [-0.25, -0.2) is 13.9 Å². The van der Waals surface area contributed by atoms with Gasteiger partial charge in [0.2, 0.25) is 0 Å². The second-order valence-corrected chi connectivity index (χ2v) is 10.7. The lowest BCUT2D eigenvalue weighted by Crippen LogP contribution is -2.51. The van der Waals surface area contributed by atoms with Gasteiger partial charge in [-0.05, 0) is 0 Å². The van der Waals surface area contributed by atoms with Crippen LogP contribution in [-0.2, 0) is 32.0 Å². The summed E-state index contributed by atoms with van der Waals surface area (Å²) in [5, 5.41) is 49.1. The van der Waals surface area contributed by atoms with Crippen molar-refractivity contribution in [1.82, 2.24) is 9.55 Å². The van der Waals surface area contributed by atoms with E-state index in [4.69, 9.17) is 14.6 Å². The Morgan fingerprint density at radius 1 is 1.03 bits per heavy atom. The van der Waals surface area contributed by atoms with Crippen molar-refractivity contribution in [2.45, 2.75) is 49.1 Å². The number of aliphatic hydroxyl groups excluding tert-OH is 5. The lowest BCUT2D eigenvalue weighted by atomic mass is 9.98. The van der Waals surface area contributed by atoms with Gasteiger partial charge in [0.25, 0.3) is 5.56 Å². The summed E-state index contributed by atoms with van der Waals surface area (Å²) in [6, 6.07) is 0.940. The summed E-state index contributed by atoms with van der Waals surface area (Å²) in [6.45, 7) is 1.50. The molecule has 20 heteroatoms. The first-order valence-electron chi connectivity index (χ1n) is 10.00. The van der Waals surface area contributed by atoms with E-state index in [1.807, 2.05) is 4.98 Å². The number of nitrogens with zero attached hydrogens (tertiary/aromatic N) is 1. The lowest BCUT2D eigenvalue weighted by molar-refractivity contribution is -0.201. The molecule has 0 radical (unpaired) electrons. The highest BCUT2D eigenvalue weighted by Crippen LogP contribution is 2.61. The topological polar surface area (TPSA) is 277 Å². The van der Waals surface area contributed by atoms with Crippen LogP contribution in [0, 0.1) is 0 Å². The largest absolute Gasteiger partial charge is 0.483 e. The standard InChI is InChI=1S/C16H24N2O16P2/c1-6-10(21)11(22)7(4-19)32-15(6)33-36(28,29)34-35(26,27)30-5-8-12(23)13(24)14(31-8)18-3-2-9(20)17-16(18)25/h2-3,7-8,10-15,19,21-24H,1,4-5H2,(H,26,27)(H,28,29)(H,17,20,25)/t7-,8-,10-,11-,12-,13-,14-,15-/m1/s1. The first-order chi connectivity index (χ1) is 16.7. The molecule has 18 nitrogen and oxygen atoms in total. The van der Waals surface area contributed by atoms with Crippen LogP contribution in [0.5, 0.6) is 0 Å². The summed E-state index contributed by atoms with van der Waals surface area (Å²) in [6.07, 6.45) is -12.4. The number of nitrogens with one attached hydrogen (secondary N) is 1. The molecule has 1 aromatic rings. The van der Waals surface area contributed by atoms with E-state index < -0.39 is 94.8 Å². The molecule has 36 heavy (non-hydrogen) atoms. The molecule has 0 aliphatic carbocycles. The van der Waals surface area contributed by atoms with Gasteiger partial charge >= 0.3 is 21.3 Å². The number of aromatic amines is 1. The third-order valence-electron chi connectivity index (χ3n) is 5.17. The molecule has 0 spiro atoms. The van der Waals surface area contributed by atoms with Gasteiger partial charge in [-0.3, -0.25) is 23.4 Å². The number of phosphoric acid groups is 2. The number of aromatic nitrogens is 2. The molecule has 0 amide bonds. The van der Waals surface area contributed by atoms with Crippen LogP contribution >= 0.6 is 15.6 Å². The molecular weight excluding hydrogens is 538 g/mol. The maximum Gasteiger partial charge on any atom is 0.483 e. The van der Waals surface area contributed by atoms with Crippen LogP contribution in [0.4, 0.5) is 0 Å². The third-order valence-corrected chi connectivity index (χ3v) is 7.75. The summed E-state index contributed by atoms with van der Waals surface area (Å²) >= 11 is 0. The SMILES string of the molecule is C=C1[C@@H](OP(=O)(O)OP(=O)(O)OC[C@H]2O[C@@H](n3ccc(=O)[nH]c3=O)[C@H](O)[C@@H]2O)O[C@H](CO)[C@@H](O)[C@@H]1O. The predicted octanol–water partition coefficient (Wildman–Crippen LogP) is -3.60. The van der Waals surface area contributed by atoms with Crippen molar-refractivity contribution >= 4 is 15.6 Å². The molecule has 1 aromatic heterocycles. The van der Waals surface area contributed by atoms with E-state index in [2.05, 4.69) is 19.9 Å². The zero-order chi connectivity index (χ0) is 27.0. The minimum atomic E-state index is -5.49. The van der Waals surface area contributed by atoms with Gasteiger partial charge in [-0.1, -0.05) is 6.58 Å². The average Bonchev–Trinajstić information content (AvgIpc) is 3.06. The van der Waals surface area contributed by atoms with E-state index in [0.29, 0.717) is 0 Å². The second kappa shape index (κ2) is 11.0. The van der Waals surface area contributed by atoms with Crippen molar-refractivity contribution in [2.75, 3.05) is 13.2 Å². The predicted molar refractivity (Wildman–Crippen MR) is 112 cm³/mol. The smallest absolute Gasteiger partial charge is 0.394 e. The highest BCUT2D eigenvalue weighted by atomic mass is 31.3. The van der Waals surface area contributed by atoms with Crippen molar-refractivity contribution in [1.29, 1.82) is 0 Å². The van der Waals surface area contributed by atoms with Gasteiger partial charge in [0, 0.05) is 17.8 Å². The van der Waals surface area contributed by atoms with Crippen LogP contribution in [0.2, 0.25) is 0 Å². The van der Waals surface area contributed by atoms with Crippen LogP contribution in [0.3, 0.4) is 0 Å². The number of H-pyrrole nitrogens is 1. The average molecular weight is 562 g/mol. The second-order valence-electron chi connectivity index (χ2n) is 7.68. The van der Waals surface area contributed by atoms with Crippen LogP contribution in [0.15, 0.2) is 34.0 Å². The Balaban J connectivity index is 1.62.